The Morgan fingerprint density at radius 3 is 2.70 bits per heavy atom. The minimum absolute atomic E-state index is 0.105. The van der Waals surface area contributed by atoms with Crippen molar-refractivity contribution in [2.24, 2.45) is 0 Å². The molecule has 2 aromatic heterocycles. The Morgan fingerprint density at radius 2 is 2.00 bits per heavy atom. The molecular weight excluding hydrogens is 336 g/mol. The number of pyridine rings is 1. The monoisotopic (exact) mass is 362 g/mol. The van der Waals surface area contributed by atoms with Crippen LogP contribution in [0.2, 0.25) is 0 Å². The fraction of sp³-hybridized carbons (Fsp3) is 0.409. The lowest BCUT2D eigenvalue weighted by Crippen LogP contribution is -2.38. The second-order valence-electron chi connectivity index (χ2n) is 7.46. The third-order valence-corrected chi connectivity index (χ3v) is 5.70. The van der Waals surface area contributed by atoms with Gasteiger partial charge in [-0.05, 0) is 50.6 Å². The molecule has 1 saturated heterocycles. The maximum atomic E-state index is 12.9. The molecule has 0 radical (unpaired) electrons. The number of fused-ring (bicyclic) bond motifs is 1. The fourth-order valence-corrected chi connectivity index (χ4v) is 4.00. The van der Waals surface area contributed by atoms with Gasteiger partial charge in [-0.15, -0.1) is 0 Å². The summed E-state index contributed by atoms with van der Waals surface area (Å²) in [7, 11) is 0. The quantitative estimate of drug-likeness (QED) is 0.705. The van der Waals surface area contributed by atoms with Crippen LogP contribution in [-0.2, 0) is 6.54 Å². The lowest BCUT2D eigenvalue weighted by atomic mass is 9.91. The van der Waals surface area contributed by atoms with Crippen molar-refractivity contribution in [3.63, 3.8) is 0 Å². The summed E-state index contributed by atoms with van der Waals surface area (Å²) in [6, 6.07) is 8.57. The number of piperidine rings is 1. The van der Waals surface area contributed by atoms with Gasteiger partial charge in [-0.1, -0.05) is 18.2 Å². The minimum atomic E-state index is 0.105. The predicted molar refractivity (Wildman–Crippen MR) is 107 cm³/mol. The molecule has 5 nitrogen and oxygen atoms in total. The van der Waals surface area contributed by atoms with Crippen LogP contribution in [0, 0.1) is 13.8 Å². The van der Waals surface area contributed by atoms with E-state index in [0.717, 1.165) is 49.4 Å². The Labute approximate surface area is 160 Å². The molecule has 0 N–H and O–H groups in total. The highest BCUT2D eigenvalue weighted by atomic mass is 16.2. The Hall–Kier alpha value is -2.69. The van der Waals surface area contributed by atoms with Crippen molar-refractivity contribution in [2.45, 2.75) is 46.1 Å². The number of aryl methyl sites for hydroxylation is 3. The van der Waals surface area contributed by atoms with Gasteiger partial charge in [0.15, 0.2) is 0 Å². The number of amides is 1. The summed E-state index contributed by atoms with van der Waals surface area (Å²) in [6.07, 6.45) is 5.77. The van der Waals surface area contributed by atoms with Crippen molar-refractivity contribution in [3.8, 4) is 0 Å². The largest absolute Gasteiger partial charge is 0.338 e. The summed E-state index contributed by atoms with van der Waals surface area (Å²) < 4.78 is 1.83. The summed E-state index contributed by atoms with van der Waals surface area (Å²) in [5.41, 5.74) is 3.98. The molecule has 0 atom stereocenters. The molecule has 3 heterocycles. The zero-order chi connectivity index (χ0) is 19.0. The van der Waals surface area contributed by atoms with E-state index < -0.39 is 0 Å². The lowest BCUT2D eigenvalue weighted by Gasteiger charge is -2.31. The van der Waals surface area contributed by atoms with Crippen LogP contribution in [0.3, 0.4) is 0 Å². The normalized spacial score (nSPS) is 15.4. The molecule has 0 bridgehead atoms. The second-order valence-corrected chi connectivity index (χ2v) is 7.46. The van der Waals surface area contributed by atoms with Gasteiger partial charge in [-0.25, -0.2) is 0 Å². The highest BCUT2D eigenvalue weighted by Crippen LogP contribution is 2.30. The zero-order valence-electron chi connectivity index (χ0n) is 16.3. The van der Waals surface area contributed by atoms with E-state index in [-0.39, 0.29) is 5.91 Å². The zero-order valence-corrected chi connectivity index (χ0v) is 16.3. The van der Waals surface area contributed by atoms with Gasteiger partial charge in [-0.3, -0.25) is 14.5 Å². The SMILES string of the molecule is CCn1cc(C(=O)N2CCC(c3cc4c(C)cccc4cn3)CC2)c(C)n1. The van der Waals surface area contributed by atoms with Crippen LogP contribution < -0.4 is 0 Å². The van der Waals surface area contributed by atoms with Gasteiger partial charge in [0.25, 0.3) is 5.91 Å². The van der Waals surface area contributed by atoms with E-state index in [1.165, 1.54) is 16.3 Å². The van der Waals surface area contributed by atoms with Gasteiger partial charge >= 0.3 is 0 Å². The van der Waals surface area contributed by atoms with Crippen LogP contribution in [0.5, 0.6) is 0 Å². The molecule has 27 heavy (non-hydrogen) atoms. The highest BCUT2D eigenvalue weighted by molar-refractivity contribution is 5.95. The molecule has 0 aliphatic carbocycles. The number of hydrogen-bond acceptors (Lipinski definition) is 3. The molecule has 3 aromatic rings. The molecule has 0 spiro atoms. The van der Waals surface area contributed by atoms with E-state index in [2.05, 4.69) is 36.3 Å². The average molecular weight is 362 g/mol. The summed E-state index contributed by atoms with van der Waals surface area (Å²) in [6.45, 7) is 8.41. The topological polar surface area (TPSA) is 51.0 Å². The molecule has 4 rings (SSSR count). The number of aromatic nitrogens is 3. The highest BCUT2D eigenvalue weighted by Gasteiger charge is 2.27. The van der Waals surface area contributed by atoms with Crippen molar-refractivity contribution in [1.82, 2.24) is 19.7 Å². The predicted octanol–water partition coefficient (Wildman–Crippen LogP) is 4.09. The maximum Gasteiger partial charge on any atom is 0.257 e. The maximum absolute atomic E-state index is 12.9. The number of likely N-dealkylation sites (tertiary alicyclic amines) is 1. The third-order valence-electron chi connectivity index (χ3n) is 5.70. The lowest BCUT2D eigenvalue weighted by molar-refractivity contribution is 0.0711. The number of rotatable bonds is 3. The van der Waals surface area contributed by atoms with Crippen LogP contribution in [0.1, 0.15) is 53.0 Å². The van der Waals surface area contributed by atoms with Gasteiger partial charge in [0.05, 0.1) is 11.3 Å². The van der Waals surface area contributed by atoms with Crippen LogP contribution in [-0.4, -0.2) is 38.7 Å². The van der Waals surface area contributed by atoms with Crippen molar-refractivity contribution >= 4 is 16.7 Å². The van der Waals surface area contributed by atoms with E-state index in [9.17, 15) is 4.79 Å². The van der Waals surface area contributed by atoms with Crippen LogP contribution in [0.15, 0.2) is 36.7 Å². The van der Waals surface area contributed by atoms with Gasteiger partial charge in [0.2, 0.25) is 0 Å². The van der Waals surface area contributed by atoms with Crippen molar-refractivity contribution in [2.75, 3.05) is 13.1 Å². The smallest absolute Gasteiger partial charge is 0.257 e. The fourth-order valence-electron chi connectivity index (χ4n) is 4.00. The molecule has 5 heteroatoms. The molecule has 1 amide bonds. The molecule has 1 aliphatic heterocycles. The van der Waals surface area contributed by atoms with E-state index in [0.29, 0.717) is 5.92 Å². The number of nitrogens with zero attached hydrogens (tertiary/aromatic N) is 4. The standard InChI is InChI=1S/C22H26N4O/c1-4-26-14-20(16(3)24-26)22(27)25-10-8-17(9-11-25)21-12-19-15(2)6-5-7-18(19)13-23-21/h5-7,12-14,17H,4,8-11H2,1-3H3. The summed E-state index contributed by atoms with van der Waals surface area (Å²) in [5, 5.41) is 6.87. The molecule has 1 aliphatic rings. The molecular formula is C22H26N4O. The van der Waals surface area contributed by atoms with E-state index in [1.54, 1.807) is 0 Å². The van der Waals surface area contributed by atoms with Gasteiger partial charge in [0, 0.05) is 49.0 Å². The van der Waals surface area contributed by atoms with E-state index in [1.807, 2.05) is 35.8 Å². The first-order chi connectivity index (χ1) is 13.1. The first-order valence-corrected chi connectivity index (χ1v) is 9.75. The Balaban J connectivity index is 1.48. The number of carbonyl (C=O) groups excluding carboxylic acids is 1. The van der Waals surface area contributed by atoms with Crippen molar-refractivity contribution in [3.05, 3.63) is 59.2 Å². The van der Waals surface area contributed by atoms with E-state index in [4.69, 9.17) is 4.98 Å². The number of hydrogen-bond donors (Lipinski definition) is 0. The van der Waals surface area contributed by atoms with Crippen LogP contribution in [0.25, 0.3) is 10.8 Å². The second kappa shape index (κ2) is 7.14. The van der Waals surface area contributed by atoms with Crippen molar-refractivity contribution < 1.29 is 4.79 Å². The Kier molecular flexibility index (Phi) is 4.68. The molecule has 0 saturated carbocycles. The van der Waals surface area contributed by atoms with Gasteiger partial charge in [-0.2, -0.15) is 5.10 Å². The van der Waals surface area contributed by atoms with Crippen LogP contribution in [0.4, 0.5) is 0 Å². The number of carbonyl (C=O) groups is 1. The van der Waals surface area contributed by atoms with Crippen molar-refractivity contribution in [1.29, 1.82) is 0 Å². The first kappa shape index (κ1) is 17.7. The molecule has 1 fully saturated rings. The van der Waals surface area contributed by atoms with Gasteiger partial charge in [0.1, 0.15) is 0 Å². The molecule has 140 valence electrons. The van der Waals surface area contributed by atoms with Crippen LogP contribution >= 0.6 is 0 Å². The third kappa shape index (κ3) is 3.34. The van der Waals surface area contributed by atoms with E-state index >= 15 is 0 Å². The molecule has 0 unspecified atom stereocenters. The summed E-state index contributed by atoms with van der Waals surface area (Å²) in [5.74, 6) is 0.519. The average Bonchev–Trinajstić information content (AvgIpc) is 3.08. The summed E-state index contributed by atoms with van der Waals surface area (Å²) in [4.78, 5) is 19.5. The molecule has 1 aromatic carbocycles. The number of benzene rings is 1. The first-order valence-electron chi connectivity index (χ1n) is 9.75. The summed E-state index contributed by atoms with van der Waals surface area (Å²) >= 11 is 0. The Morgan fingerprint density at radius 1 is 1.22 bits per heavy atom. The van der Waals surface area contributed by atoms with Gasteiger partial charge < -0.3 is 4.90 Å². The Bertz CT molecular complexity index is 983. The minimum Gasteiger partial charge on any atom is -0.338 e.